The van der Waals surface area contributed by atoms with E-state index in [1.165, 1.54) is 0 Å². The lowest BCUT2D eigenvalue weighted by Gasteiger charge is -2.32. The van der Waals surface area contributed by atoms with E-state index in [1.54, 1.807) is 24.1 Å². The van der Waals surface area contributed by atoms with Gasteiger partial charge >= 0.3 is 6.09 Å². The number of nitrogens with one attached hydrogen (secondary N) is 2. The number of rotatable bonds is 4. The van der Waals surface area contributed by atoms with Crippen molar-refractivity contribution < 1.29 is 9.53 Å². The van der Waals surface area contributed by atoms with Crippen molar-refractivity contribution in [3.8, 4) is 6.07 Å². The quantitative estimate of drug-likeness (QED) is 0.400. The summed E-state index contributed by atoms with van der Waals surface area (Å²) in [6.45, 7) is 4.22. The molecule has 7 nitrogen and oxygen atoms in total. The summed E-state index contributed by atoms with van der Waals surface area (Å²) < 4.78 is 5.03. The van der Waals surface area contributed by atoms with E-state index in [2.05, 4.69) is 21.7 Å². The van der Waals surface area contributed by atoms with Crippen LogP contribution in [0.3, 0.4) is 0 Å². The monoisotopic (exact) mass is 471 g/mol. The van der Waals surface area contributed by atoms with Gasteiger partial charge in [-0.15, -0.1) is 24.0 Å². The van der Waals surface area contributed by atoms with Gasteiger partial charge in [-0.2, -0.15) is 5.26 Å². The Hall–Kier alpha value is -2.02. The van der Waals surface area contributed by atoms with Gasteiger partial charge in [0.15, 0.2) is 5.96 Å². The molecule has 0 saturated carbocycles. The second-order valence-corrected chi connectivity index (χ2v) is 5.84. The normalized spacial score (nSPS) is 14.8. The minimum absolute atomic E-state index is 0. The minimum atomic E-state index is -0.232. The maximum atomic E-state index is 11.7. The summed E-state index contributed by atoms with van der Waals surface area (Å²) in [6.07, 6.45) is 1.48. The smallest absolute Gasteiger partial charge is 0.409 e. The van der Waals surface area contributed by atoms with E-state index in [4.69, 9.17) is 10.00 Å². The molecule has 0 unspecified atom stereocenters. The highest BCUT2D eigenvalue weighted by Crippen LogP contribution is 2.11. The average molecular weight is 471 g/mol. The van der Waals surface area contributed by atoms with Gasteiger partial charge in [-0.3, -0.25) is 4.99 Å². The number of halogens is 1. The molecule has 0 radical (unpaired) electrons. The number of aliphatic imine (C=N–C) groups is 1. The third-order valence-corrected chi connectivity index (χ3v) is 4.13. The molecule has 2 rings (SSSR count). The number of piperidine rings is 1. The van der Waals surface area contributed by atoms with Crippen LogP contribution < -0.4 is 10.6 Å². The van der Waals surface area contributed by atoms with Crippen LogP contribution in [0.2, 0.25) is 0 Å². The fourth-order valence-electron chi connectivity index (χ4n) is 2.69. The molecular formula is C18H26IN5O2. The van der Waals surface area contributed by atoms with Crippen molar-refractivity contribution in [1.82, 2.24) is 15.5 Å². The van der Waals surface area contributed by atoms with Crippen LogP contribution in [0.25, 0.3) is 0 Å². The largest absolute Gasteiger partial charge is 0.450 e. The molecule has 8 heteroatoms. The van der Waals surface area contributed by atoms with Gasteiger partial charge in [-0.25, -0.2) is 4.79 Å². The van der Waals surface area contributed by atoms with Crippen molar-refractivity contribution in [2.45, 2.75) is 32.4 Å². The number of hydrogen-bond donors (Lipinski definition) is 2. The van der Waals surface area contributed by atoms with Gasteiger partial charge < -0.3 is 20.3 Å². The summed E-state index contributed by atoms with van der Waals surface area (Å²) in [4.78, 5) is 17.7. The van der Waals surface area contributed by atoms with Gasteiger partial charge in [0.25, 0.3) is 0 Å². The van der Waals surface area contributed by atoms with Crippen molar-refractivity contribution in [2.24, 2.45) is 4.99 Å². The van der Waals surface area contributed by atoms with Crippen LogP contribution >= 0.6 is 24.0 Å². The van der Waals surface area contributed by atoms with Crippen molar-refractivity contribution in [3.05, 3.63) is 35.4 Å². The van der Waals surface area contributed by atoms with Crippen LogP contribution in [0.1, 0.15) is 30.9 Å². The fraction of sp³-hybridized carbons (Fsp3) is 0.500. The Morgan fingerprint density at radius 2 is 2.00 bits per heavy atom. The lowest BCUT2D eigenvalue weighted by molar-refractivity contribution is 0.0963. The molecule has 0 spiro atoms. The highest BCUT2D eigenvalue weighted by atomic mass is 127. The van der Waals surface area contributed by atoms with Gasteiger partial charge in [0.05, 0.1) is 18.2 Å². The van der Waals surface area contributed by atoms with E-state index in [0.29, 0.717) is 31.8 Å². The third-order valence-electron chi connectivity index (χ3n) is 4.13. The van der Waals surface area contributed by atoms with Crippen LogP contribution in [0.15, 0.2) is 29.3 Å². The number of hydrogen-bond acceptors (Lipinski definition) is 4. The van der Waals surface area contributed by atoms with Crippen molar-refractivity contribution in [3.63, 3.8) is 0 Å². The number of benzene rings is 1. The highest BCUT2D eigenvalue weighted by molar-refractivity contribution is 14.0. The molecule has 1 amide bonds. The summed E-state index contributed by atoms with van der Waals surface area (Å²) in [5.74, 6) is 0.735. The molecule has 0 atom stereocenters. The molecule has 0 aliphatic carbocycles. The van der Waals surface area contributed by atoms with Crippen molar-refractivity contribution >= 4 is 36.0 Å². The Labute approximate surface area is 171 Å². The van der Waals surface area contributed by atoms with Gasteiger partial charge in [-0.1, -0.05) is 12.1 Å². The second-order valence-electron chi connectivity index (χ2n) is 5.84. The second kappa shape index (κ2) is 11.6. The summed E-state index contributed by atoms with van der Waals surface area (Å²) >= 11 is 0. The first-order chi connectivity index (χ1) is 12.2. The number of nitrogens with zero attached hydrogens (tertiary/aromatic N) is 3. The molecule has 26 heavy (non-hydrogen) atoms. The van der Waals surface area contributed by atoms with E-state index < -0.39 is 0 Å². The maximum Gasteiger partial charge on any atom is 0.409 e. The zero-order valence-electron chi connectivity index (χ0n) is 15.2. The lowest BCUT2D eigenvalue weighted by Crippen LogP contribution is -2.49. The van der Waals surface area contributed by atoms with Crippen LogP contribution in [0, 0.1) is 11.3 Å². The van der Waals surface area contributed by atoms with Crippen molar-refractivity contribution in [1.29, 1.82) is 5.26 Å². The molecule has 1 aliphatic heterocycles. The summed E-state index contributed by atoms with van der Waals surface area (Å²) in [5, 5.41) is 15.5. The molecule has 1 aliphatic rings. The first-order valence-corrected chi connectivity index (χ1v) is 8.54. The summed E-state index contributed by atoms with van der Waals surface area (Å²) in [6, 6.07) is 9.85. The van der Waals surface area contributed by atoms with E-state index in [1.807, 2.05) is 19.1 Å². The third kappa shape index (κ3) is 6.71. The van der Waals surface area contributed by atoms with E-state index >= 15 is 0 Å². The van der Waals surface area contributed by atoms with E-state index in [-0.39, 0.29) is 36.1 Å². The topological polar surface area (TPSA) is 89.8 Å². The molecule has 1 aromatic carbocycles. The summed E-state index contributed by atoms with van der Waals surface area (Å²) in [5.41, 5.74) is 1.73. The van der Waals surface area contributed by atoms with E-state index in [0.717, 1.165) is 24.4 Å². The molecule has 142 valence electrons. The number of ether oxygens (including phenoxy) is 1. The standard InChI is InChI=1S/C18H25N5O2.HI/c1-3-25-18(24)23-10-8-16(9-11-23)22-17(20-2)21-13-15-6-4-14(12-19)5-7-15;/h4-7,16H,3,8-11,13H2,1-2H3,(H2,20,21,22);1H. The van der Waals surface area contributed by atoms with Gasteiger partial charge in [0.2, 0.25) is 0 Å². The maximum absolute atomic E-state index is 11.7. The predicted octanol–water partition coefficient (Wildman–Crippen LogP) is 2.46. The zero-order valence-corrected chi connectivity index (χ0v) is 17.5. The molecule has 1 fully saturated rings. The Morgan fingerprint density at radius 1 is 1.35 bits per heavy atom. The van der Waals surface area contributed by atoms with Crippen LogP contribution in [0.5, 0.6) is 0 Å². The molecule has 1 saturated heterocycles. The first-order valence-electron chi connectivity index (χ1n) is 8.54. The number of nitriles is 1. The SMILES string of the molecule is CCOC(=O)N1CCC(NC(=NC)NCc2ccc(C#N)cc2)CC1.I. The number of carbonyl (C=O) groups excluding carboxylic acids is 1. The number of likely N-dealkylation sites (tertiary alicyclic amines) is 1. The Balaban J connectivity index is 0.00000338. The highest BCUT2D eigenvalue weighted by Gasteiger charge is 2.23. The minimum Gasteiger partial charge on any atom is -0.450 e. The van der Waals surface area contributed by atoms with Crippen molar-refractivity contribution in [2.75, 3.05) is 26.7 Å². The fourth-order valence-corrected chi connectivity index (χ4v) is 2.69. The van der Waals surface area contributed by atoms with E-state index in [9.17, 15) is 4.79 Å². The number of carbonyl (C=O) groups is 1. The number of amides is 1. The summed E-state index contributed by atoms with van der Waals surface area (Å²) in [7, 11) is 1.74. The Morgan fingerprint density at radius 3 is 2.54 bits per heavy atom. The van der Waals surface area contributed by atoms with Crippen LogP contribution in [-0.2, 0) is 11.3 Å². The number of guanidine groups is 1. The molecule has 1 heterocycles. The average Bonchev–Trinajstić information content (AvgIpc) is 2.66. The zero-order chi connectivity index (χ0) is 18.1. The first kappa shape index (κ1) is 22.0. The molecule has 1 aromatic rings. The molecule has 0 aromatic heterocycles. The predicted molar refractivity (Wildman–Crippen MR) is 112 cm³/mol. The van der Waals surface area contributed by atoms with Crippen LogP contribution in [-0.4, -0.2) is 49.7 Å². The molecule has 0 bridgehead atoms. The van der Waals surface area contributed by atoms with Crippen LogP contribution in [0.4, 0.5) is 4.79 Å². The molecule has 2 N–H and O–H groups in total. The van der Waals surface area contributed by atoms with Gasteiger partial charge in [0, 0.05) is 32.7 Å². The lowest BCUT2D eigenvalue weighted by atomic mass is 10.1. The Kier molecular flexibility index (Phi) is 9.80. The Bertz CT molecular complexity index is 634. The van der Waals surface area contributed by atoms with Gasteiger partial charge in [0.1, 0.15) is 0 Å². The van der Waals surface area contributed by atoms with Gasteiger partial charge in [-0.05, 0) is 37.5 Å². The molecular weight excluding hydrogens is 445 g/mol.